The van der Waals surface area contributed by atoms with Crippen molar-refractivity contribution in [3.05, 3.63) is 46.2 Å². The summed E-state index contributed by atoms with van der Waals surface area (Å²) >= 11 is 0.857. The maximum Gasteiger partial charge on any atom is 0.349 e. The summed E-state index contributed by atoms with van der Waals surface area (Å²) in [6.07, 6.45) is 0. The molecule has 0 unspecified atom stereocenters. The first-order valence-electron chi connectivity index (χ1n) is 5.40. The van der Waals surface area contributed by atoms with Gasteiger partial charge in [-0.3, -0.25) is 0 Å². The molecule has 0 aliphatic carbocycles. The van der Waals surface area contributed by atoms with E-state index in [0.29, 0.717) is 6.07 Å². The molecule has 5 nitrogen and oxygen atoms in total. The van der Waals surface area contributed by atoms with E-state index in [1.54, 1.807) is 0 Å². The number of esters is 1. The van der Waals surface area contributed by atoms with Gasteiger partial charge in [-0.15, -0.1) is 11.3 Å². The van der Waals surface area contributed by atoms with Gasteiger partial charge in [0.25, 0.3) is 0 Å². The van der Waals surface area contributed by atoms with Crippen LogP contribution in [-0.4, -0.2) is 21.5 Å². The van der Waals surface area contributed by atoms with E-state index in [9.17, 15) is 22.0 Å². The van der Waals surface area contributed by atoms with E-state index in [2.05, 4.69) is 8.92 Å². The van der Waals surface area contributed by atoms with Crippen LogP contribution in [0.3, 0.4) is 0 Å². The average Bonchev–Trinajstić information content (AvgIpc) is 2.92. The quantitative estimate of drug-likeness (QED) is 0.635. The van der Waals surface area contributed by atoms with Gasteiger partial charge in [-0.1, -0.05) is 0 Å². The first kappa shape index (κ1) is 15.4. The van der Waals surface area contributed by atoms with Crippen molar-refractivity contribution >= 4 is 27.4 Å². The van der Waals surface area contributed by atoms with Crippen LogP contribution in [0.15, 0.2) is 34.5 Å². The lowest BCUT2D eigenvalue weighted by Gasteiger charge is -2.07. The lowest BCUT2D eigenvalue weighted by Crippen LogP contribution is -2.13. The van der Waals surface area contributed by atoms with Gasteiger partial charge in [0, 0.05) is 6.07 Å². The minimum absolute atomic E-state index is 0.167. The van der Waals surface area contributed by atoms with Crippen molar-refractivity contribution < 1.29 is 30.9 Å². The molecule has 2 aromatic rings. The fourth-order valence-corrected chi connectivity index (χ4v) is 3.67. The smallest absolute Gasteiger partial charge is 0.349 e. The van der Waals surface area contributed by atoms with Crippen molar-refractivity contribution in [2.75, 3.05) is 7.11 Å². The second kappa shape index (κ2) is 5.78. The molecule has 112 valence electrons. The van der Waals surface area contributed by atoms with E-state index < -0.39 is 38.4 Å². The molecule has 0 N–H and O–H groups in total. The summed E-state index contributed by atoms with van der Waals surface area (Å²) in [4.78, 5) is 10.9. The molecule has 0 aliphatic heterocycles. The largest absolute Gasteiger partial charge is 0.465 e. The third-order valence-corrected chi connectivity index (χ3v) is 4.68. The summed E-state index contributed by atoms with van der Waals surface area (Å²) < 4.78 is 59.1. The molecule has 0 aliphatic rings. The Morgan fingerprint density at radius 1 is 1.19 bits per heavy atom. The van der Waals surface area contributed by atoms with E-state index in [1.165, 1.54) is 5.38 Å². The van der Waals surface area contributed by atoms with Crippen molar-refractivity contribution in [2.24, 2.45) is 0 Å². The van der Waals surface area contributed by atoms with Gasteiger partial charge < -0.3 is 8.92 Å². The second-order valence-electron chi connectivity index (χ2n) is 3.72. The molecule has 9 heteroatoms. The van der Waals surface area contributed by atoms with Crippen molar-refractivity contribution in [2.45, 2.75) is 4.90 Å². The molecule has 0 saturated carbocycles. The molecule has 0 fully saturated rings. The topological polar surface area (TPSA) is 69.7 Å². The van der Waals surface area contributed by atoms with Crippen molar-refractivity contribution in [1.29, 1.82) is 0 Å². The SMILES string of the molecule is COC(=O)c1sccc1S(=O)(=O)Oc1ccc(F)c(F)c1. The number of carbonyl (C=O) groups is 1. The van der Waals surface area contributed by atoms with Crippen LogP contribution >= 0.6 is 11.3 Å². The van der Waals surface area contributed by atoms with Gasteiger partial charge in [0.15, 0.2) is 11.6 Å². The van der Waals surface area contributed by atoms with Gasteiger partial charge in [0.2, 0.25) is 0 Å². The summed E-state index contributed by atoms with van der Waals surface area (Å²) in [5.74, 6) is -3.62. The number of ether oxygens (including phenoxy) is 1. The van der Waals surface area contributed by atoms with Crippen LogP contribution in [0.5, 0.6) is 5.75 Å². The Labute approximate surface area is 122 Å². The molecule has 2 rings (SSSR count). The van der Waals surface area contributed by atoms with Crippen molar-refractivity contribution in [3.63, 3.8) is 0 Å². The maximum absolute atomic E-state index is 13.0. The summed E-state index contributed by atoms with van der Waals surface area (Å²) in [6, 6.07) is 3.44. The van der Waals surface area contributed by atoms with Crippen LogP contribution < -0.4 is 4.18 Å². The first-order chi connectivity index (χ1) is 9.85. The van der Waals surface area contributed by atoms with E-state index in [4.69, 9.17) is 0 Å². The third kappa shape index (κ3) is 3.19. The summed E-state index contributed by atoms with van der Waals surface area (Å²) in [6.45, 7) is 0. The second-order valence-corrected chi connectivity index (χ2v) is 6.15. The molecule has 0 radical (unpaired) electrons. The zero-order chi connectivity index (χ0) is 15.6. The zero-order valence-corrected chi connectivity index (χ0v) is 12.1. The van der Waals surface area contributed by atoms with Crippen LogP contribution in [0.4, 0.5) is 8.78 Å². The van der Waals surface area contributed by atoms with Gasteiger partial charge in [-0.25, -0.2) is 13.6 Å². The fourth-order valence-electron chi connectivity index (χ4n) is 1.44. The zero-order valence-electron chi connectivity index (χ0n) is 10.5. The normalized spacial score (nSPS) is 11.2. The number of hydrogen-bond donors (Lipinski definition) is 0. The minimum atomic E-state index is -4.36. The highest BCUT2D eigenvalue weighted by molar-refractivity contribution is 7.87. The molecule has 1 aromatic carbocycles. The number of thiophene rings is 1. The molecule has 1 heterocycles. The molecule has 0 amide bonds. The molecular weight excluding hydrogens is 326 g/mol. The number of halogens is 2. The fraction of sp³-hybridized carbons (Fsp3) is 0.0833. The molecule has 0 spiro atoms. The van der Waals surface area contributed by atoms with Crippen LogP contribution in [0, 0.1) is 11.6 Å². The predicted octanol–water partition coefficient (Wildman–Crippen LogP) is 2.58. The monoisotopic (exact) mass is 334 g/mol. The molecule has 0 bridgehead atoms. The Kier molecular flexibility index (Phi) is 4.24. The summed E-state index contributed by atoms with van der Waals surface area (Å²) in [7, 11) is -3.26. The lowest BCUT2D eigenvalue weighted by molar-refractivity contribution is 0.0602. The standard InChI is InChI=1S/C12H8F2O5S2/c1-18-12(15)11-10(4-5-20-11)21(16,17)19-7-2-3-8(13)9(14)6-7/h2-6H,1H3. The Balaban J connectivity index is 2.37. The Morgan fingerprint density at radius 2 is 1.90 bits per heavy atom. The number of benzene rings is 1. The Bertz CT molecular complexity index is 783. The molecular formula is C12H8F2O5S2. The number of rotatable bonds is 4. The van der Waals surface area contributed by atoms with Crippen LogP contribution in [0.25, 0.3) is 0 Å². The van der Waals surface area contributed by atoms with Crippen LogP contribution in [0.1, 0.15) is 9.67 Å². The average molecular weight is 334 g/mol. The van der Waals surface area contributed by atoms with E-state index in [1.807, 2.05) is 0 Å². The van der Waals surface area contributed by atoms with Crippen LogP contribution in [0.2, 0.25) is 0 Å². The predicted molar refractivity (Wildman–Crippen MR) is 69.8 cm³/mol. The van der Waals surface area contributed by atoms with Gasteiger partial charge in [-0.2, -0.15) is 8.42 Å². The van der Waals surface area contributed by atoms with Gasteiger partial charge in [0.05, 0.1) is 7.11 Å². The third-order valence-electron chi connectivity index (χ3n) is 2.37. The molecule has 0 atom stereocenters. The van der Waals surface area contributed by atoms with E-state index >= 15 is 0 Å². The number of hydrogen-bond acceptors (Lipinski definition) is 6. The van der Waals surface area contributed by atoms with Crippen LogP contribution in [-0.2, 0) is 14.9 Å². The number of methoxy groups -OCH3 is 1. The summed E-state index contributed by atoms with van der Waals surface area (Å²) in [5.41, 5.74) is 0. The lowest BCUT2D eigenvalue weighted by atomic mass is 10.3. The molecule has 21 heavy (non-hydrogen) atoms. The van der Waals surface area contributed by atoms with Gasteiger partial charge in [0.1, 0.15) is 15.5 Å². The molecule has 1 aromatic heterocycles. The molecule has 0 saturated heterocycles. The van der Waals surface area contributed by atoms with Crippen molar-refractivity contribution in [1.82, 2.24) is 0 Å². The van der Waals surface area contributed by atoms with Gasteiger partial charge in [-0.05, 0) is 23.6 Å². The minimum Gasteiger partial charge on any atom is -0.465 e. The first-order valence-corrected chi connectivity index (χ1v) is 7.69. The summed E-state index contributed by atoms with van der Waals surface area (Å²) in [5, 5.41) is 1.37. The Hall–Kier alpha value is -2.00. The van der Waals surface area contributed by atoms with Crippen molar-refractivity contribution in [3.8, 4) is 5.75 Å². The highest BCUT2D eigenvalue weighted by Crippen LogP contribution is 2.26. The van der Waals surface area contributed by atoms with E-state index in [-0.39, 0.29) is 4.88 Å². The maximum atomic E-state index is 13.0. The van der Waals surface area contributed by atoms with E-state index in [0.717, 1.165) is 36.6 Å². The number of carbonyl (C=O) groups excluding carboxylic acids is 1. The van der Waals surface area contributed by atoms with Gasteiger partial charge >= 0.3 is 16.1 Å². The highest BCUT2D eigenvalue weighted by Gasteiger charge is 2.26. The Morgan fingerprint density at radius 3 is 2.52 bits per heavy atom. The highest BCUT2D eigenvalue weighted by atomic mass is 32.2.